The maximum atomic E-state index is 12.6. The molecular formula is C21H26N3O3S+. The van der Waals surface area contributed by atoms with Crippen LogP contribution in [-0.4, -0.2) is 55.2 Å². The molecule has 0 aliphatic carbocycles. The first-order valence-electron chi connectivity index (χ1n) is 9.59. The molecule has 0 spiro atoms. The highest BCUT2D eigenvalue weighted by Crippen LogP contribution is 2.19. The van der Waals surface area contributed by atoms with Crippen LogP contribution >= 0.6 is 11.3 Å². The monoisotopic (exact) mass is 400 g/mol. The number of nitrogens with zero attached hydrogens (tertiary/aromatic N) is 1. The normalized spacial score (nSPS) is 14.7. The lowest BCUT2D eigenvalue weighted by atomic mass is 10.1. The lowest BCUT2D eigenvalue weighted by molar-refractivity contribution is -0.895. The van der Waals surface area contributed by atoms with Gasteiger partial charge in [0.1, 0.15) is 0 Å². The molecule has 28 heavy (non-hydrogen) atoms. The second-order valence-corrected chi connectivity index (χ2v) is 8.08. The molecule has 1 fully saturated rings. The minimum Gasteiger partial charge on any atom is -0.327 e. The van der Waals surface area contributed by atoms with Crippen LogP contribution in [0.4, 0.5) is 5.69 Å². The number of piperazine rings is 1. The standard InChI is InChI=1S/C21H25N3O3S/c1-3-16-6-4-5-7-17(16)22-20(26)14-23-10-12-24(13-11-23)21(27)19-9-8-18(28-19)15(2)25/h4-9H,3,10-14H2,1-2H3,(H,22,26)/p+1. The molecule has 2 N–H and O–H groups in total. The summed E-state index contributed by atoms with van der Waals surface area (Å²) in [5.74, 6) is -0.0492. The van der Waals surface area contributed by atoms with Gasteiger partial charge < -0.3 is 15.1 Å². The predicted octanol–water partition coefficient (Wildman–Crippen LogP) is 1.49. The van der Waals surface area contributed by atoms with E-state index in [1.165, 1.54) is 23.2 Å². The Morgan fingerprint density at radius 1 is 1.07 bits per heavy atom. The summed E-state index contributed by atoms with van der Waals surface area (Å²) in [7, 11) is 0. The SMILES string of the molecule is CCc1ccccc1NC(=O)C[NH+]1CCN(C(=O)c2ccc(C(C)=O)s2)CC1. The third-order valence-corrected chi connectivity index (χ3v) is 6.18. The summed E-state index contributed by atoms with van der Waals surface area (Å²) >= 11 is 1.25. The molecule has 1 saturated heterocycles. The number of carbonyl (C=O) groups excluding carboxylic acids is 3. The van der Waals surface area contributed by atoms with Gasteiger partial charge in [-0.1, -0.05) is 25.1 Å². The molecule has 2 amide bonds. The van der Waals surface area contributed by atoms with Crippen LogP contribution in [0.25, 0.3) is 0 Å². The molecule has 0 unspecified atom stereocenters. The Balaban J connectivity index is 1.50. The van der Waals surface area contributed by atoms with Crippen LogP contribution in [0.1, 0.15) is 38.8 Å². The highest BCUT2D eigenvalue weighted by atomic mass is 32.1. The Morgan fingerprint density at radius 3 is 2.39 bits per heavy atom. The Labute approximate surface area is 169 Å². The number of rotatable bonds is 6. The summed E-state index contributed by atoms with van der Waals surface area (Å²) in [6.07, 6.45) is 0.873. The lowest BCUT2D eigenvalue weighted by Gasteiger charge is -2.31. The van der Waals surface area contributed by atoms with E-state index in [1.807, 2.05) is 29.2 Å². The van der Waals surface area contributed by atoms with Crippen molar-refractivity contribution in [1.29, 1.82) is 0 Å². The summed E-state index contributed by atoms with van der Waals surface area (Å²) in [5, 5.41) is 3.01. The molecule has 2 aromatic rings. The molecule has 1 aromatic carbocycles. The quantitative estimate of drug-likeness (QED) is 0.722. The van der Waals surface area contributed by atoms with Crippen LogP contribution < -0.4 is 10.2 Å². The van der Waals surface area contributed by atoms with Crippen LogP contribution in [0.3, 0.4) is 0 Å². The van der Waals surface area contributed by atoms with E-state index in [-0.39, 0.29) is 17.6 Å². The van der Waals surface area contributed by atoms with Gasteiger partial charge in [0.2, 0.25) is 0 Å². The van der Waals surface area contributed by atoms with Crippen molar-refractivity contribution in [2.45, 2.75) is 20.3 Å². The number of hydrogen-bond donors (Lipinski definition) is 2. The van der Waals surface area contributed by atoms with Crippen molar-refractivity contribution in [3.05, 3.63) is 51.7 Å². The van der Waals surface area contributed by atoms with Crippen molar-refractivity contribution < 1.29 is 19.3 Å². The average molecular weight is 401 g/mol. The minimum atomic E-state index is -0.0297. The highest BCUT2D eigenvalue weighted by Gasteiger charge is 2.27. The Morgan fingerprint density at radius 2 is 1.75 bits per heavy atom. The van der Waals surface area contributed by atoms with E-state index < -0.39 is 0 Å². The smallest absolute Gasteiger partial charge is 0.279 e. The molecule has 6 nitrogen and oxygen atoms in total. The summed E-state index contributed by atoms with van der Waals surface area (Å²) in [4.78, 5) is 40.6. The molecule has 0 radical (unpaired) electrons. The van der Waals surface area contributed by atoms with Gasteiger partial charge in [0, 0.05) is 5.69 Å². The van der Waals surface area contributed by atoms with Crippen LogP contribution in [-0.2, 0) is 11.2 Å². The van der Waals surface area contributed by atoms with E-state index in [1.54, 1.807) is 12.1 Å². The molecule has 1 aromatic heterocycles. The summed E-state index contributed by atoms with van der Waals surface area (Å²) in [6, 6.07) is 11.3. The number of para-hydroxylation sites is 1. The van der Waals surface area contributed by atoms with Crippen LogP contribution in [0.2, 0.25) is 0 Å². The minimum absolute atomic E-state index is 0.0000309. The van der Waals surface area contributed by atoms with E-state index in [4.69, 9.17) is 0 Å². The largest absolute Gasteiger partial charge is 0.327 e. The maximum absolute atomic E-state index is 12.6. The highest BCUT2D eigenvalue weighted by molar-refractivity contribution is 7.15. The third-order valence-electron chi connectivity index (χ3n) is 5.00. The van der Waals surface area contributed by atoms with Gasteiger partial charge in [-0.25, -0.2) is 0 Å². The predicted molar refractivity (Wildman–Crippen MR) is 110 cm³/mol. The van der Waals surface area contributed by atoms with E-state index >= 15 is 0 Å². The van der Waals surface area contributed by atoms with Gasteiger partial charge in [-0.3, -0.25) is 14.4 Å². The molecule has 3 rings (SSSR count). The van der Waals surface area contributed by atoms with E-state index in [0.29, 0.717) is 29.4 Å². The van der Waals surface area contributed by atoms with Gasteiger partial charge in [0.25, 0.3) is 11.8 Å². The Hall–Kier alpha value is -2.51. The number of ketones is 1. The first-order chi connectivity index (χ1) is 13.5. The van der Waals surface area contributed by atoms with E-state index in [0.717, 1.165) is 30.8 Å². The topological polar surface area (TPSA) is 70.9 Å². The fraction of sp³-hybridized carbons (Fsp3) is 0.381. The molecule has 0 atom stereocenters. The Bertz CT molecular complexity index is 869. The molecule has 7 heteroatoms. The number of thiophene rings is 1. The van der Waals surface area contributed by atoms with Crippen LogP contribution in [0.5, 0.6) is 0 Å². The van der Waals surface area contributed by atoms with Crippen molar-refractivity contribution >= 4 is 34.6 Å². The fourth-order valence-corrected chi connectivity index (χ4v) is 4.24. The summed E-state index contributed by atoms with van der Waals surface area (Å²) in [5.41, 5.74) is 2.00. The van der Waals surface area contributed by atoms with E-state index in [9.17, 15) is 14.4 Å². The zero-order valence-corrected chi connectivity index (χ0v) is 17.1. The van der Waals surface area contributed by atoms with Crippen LogP contribution in [0.15, 0.2) is 36.4 Å². The molecule has 2 heterocycles. The first-order valence-corrected chi connectivity index (χ1v) is 10.4. The maximum Gasteiger partial charge on any atom is 0.279 e. The number of Topliss-reactive ketones (excluding diaryl/α,β-unsaturated/α-hetero) is 1. The number of aryl methyl sites for hydroxylation is 1. The zero-order valence-electron chi connectivity index (χ0n) is 16.3. The molecule has 1 aliphatic rings. The number of quaternary nitrogens is 1. The molecule has 0 bridgehead atoms. The Kier molecular flexibility index (Phi) is 6.59. The molecule has 0 saturated carbocycles. The van der Waals surface area contributed by atoms with Crippen molar-refractivity contribution in [1.82, 2.24) is 4.90 Å². The molecular weight excluding hydrogens is 374 g/mol. The van der Waals surface area contributed by atoms with Gasteiger partial charge in [-0.05, 0) is 37.1 Å². The number of nitrogens with one attached hydrogen (secondary N) is 2. The number of hydrogen-bond acceptors (Lipinski definition) is 4. The van der Waals surface area contributed by atoms with Gasteiger partial charge in [0.05, 0.1) is 35.9 Å². The number of anilines is 1. The second-order valence-electron chi connectivity index (χ2n) is 7.00. The van der Waals surface area contributed by atoms with E-state index in [2.05, 4.69) is 12.2 Å². The molecule has 148 valence electrons. The van der Waals surface area contributed by atoms with Crippen molar-refractivity contribution in [3.8, 4) is 0 Å². The first kappa shape index (κ1) is 20.2. The summed E-state index contributed by atoms with van der Waals surface area (Å²) in [6.45, 7) is 6.67. The number of amides is 2. The zero-order chi connectivity index (χ0) is 20.1. The van der Waals surface area contributed by atoms with Gasteiger partial charge >= 0.3 is 0 Å². The van der Waals surface area contributed by atoms with Crippen molar-refractivity contribution in [2.24, 2.45) is 0 Å². The third kappa shape index (κ3) is 4.85. The van der Waals surface area contributed by atoms with Crippen molar-refractivity contribution in [2.75, 3.05) is 38.0 Å². The molecule has 1 aliphatic heterocycles. The fourth-order valence-electron chi connectivity index (χ4n) is 3.37. The number of benzene rings is 1. The lowest BCUT2D eigenvalue weighted by Crippen LogP contribution is -3.15. The summed E-state index contributed by atoms with van der Waals surface area (Å²) < 4.78 is 0. The number of carbonyl (C=O) groups is 3. The van der Waals surface area contributed by atoms with Gasteiger partial charge in [-0.2, -0.15) is 0 Å². The second kappa shape index (κ2) is 9.12. The van der Waals surface area contributed by atoms with Gasteiger partial charge in [0.15, 0.2) is 12.3 Å². The van der Waals surface area contributed by atoms with Crippen molar-refractivity contribution in [3.63, 3.8) is 0 Å². The van der Waals surface area contributed by atoms with Gasteiger partial charge in [-0.15, -0.1) is 11.3 Å². The van der Waals surface area contributed by atoms with Crippen LogP contribution in [0, 0.1) is 0 Å². The average Bonchev–Trinajstić information content (AvgIpc) is 3.19.